The molecule has 0 aliphatic carbocycles. The molecule has 2 rings (SSSR count). The van der Waals surface area contributed by atoms with E-state index in [4.69, 9.17) is 16.3 Å². The van der Waals surface area contributed by atoms with E-state index >= 15 is 0 Å². The predicted octanol–water partition coefficient (Wildman–Crippen LogP) is 4.14. The van der Waals surface area contributed by atoms with E-state index in [0.717, 1.165) is 5.56 Å². The van der Waals surface area contributed by atoms with E-state index in [-0.39, 0.29) is 31.0 Å². The molecule has 0 saturated heterocycles. The molecular formula is C22H23ClN2O5. The molecule has 2 aromatic rings. The van der Waals surface area contributed by atoms with Gasteiger partial charge in [0.25, 0.3) is 5.91 Å². The van der Waals surface area contributed by atoms with Crippen molar-refractivity contribution in [1.82, 2.24) is 0 Å². The van der Waals surface area contributed by atoms with Gasteiger partial charge in [0.15, 0.2) is 12.4 Å². The molecule has 0 bridgehead atoms. The van der Waals surface area contributed by atoms with Crippen LogP contribution in [-0.2, 0) is 19.1 Å². The minimum atomic E-state index is -0.571. The molecule has 0 saturated carbocycles. The largest absolute Gasteiger partial charge is 0.456 e. The molecule has 7 nitrogen and oxygen atoms in total. The average molecular weight is 431 g/mol. The minimum absolute atomic E-state index is 0.00451. The monoisotopic (exact) mass is 430 g/mol. The quantitative estimate of drug-likeness (QED) is 0.459. The van der Waals surface area contributed by atoms with Crippen molar-refractivity contribution >= 4 is 46.5 Å². The molecule has 0 unspecified atom stereocenters. The summed E-state index contributed by atoms with van der Waals surface area (Å²) in [5, 5.41) is 5.79. The lowest BCUT2D eigenvalue weighted by Crippen LogP contribution is -2.21. The van der Waals surface area contributed by atoms with Crippen LogP contribution in [0.25, 0.3) is 0 Å². The summed E-state index contributed by atoms with van der Waals surface area (Å²) in [7, 11) is 0. The minimum Gasteiger partial charge on any atom is -0.456 e. The number of nitrogens with one attached hydrogen (secondary N) is 2. The van der Waals surface area contributed by atoms with Crippen molar-refractivity contribution in [3.05, 3.63) is 58.6 Å². The first-order chi connectivity index (χ1) is 14.2. The number of ether oxygens (including phenoxy) is 1. The first-order valence-corrected chi connectivity index (χ1v) is 9.75. The Balaban J connectivity index is 1.67. The van der Waals surface area contributed by atoms with Gasteiger partial charge in [-0.15, -0.1) is 0 Å². The summed E-state index contributed by atoms with van der Waals surface area (Å²) in [6.45, 7) is 2.87. The Morgan fingerprint density at radius 3 is 2.33 bits per heavy atom. The second-order valence-corrected chi connectivity index (χ2v) is 7.12. The van der Waals surface area contributed by atoms with Crippen LogP contribution in [0.2, 0.25) is 5.02 Å². The first kappa shape index (κ1) is 23.1. The number of carbonyl (C=O) groups excluding carboxylic acids is 4. The molecule has 0 aliphatic rings. The lowest BCUT2D eigenvalue weighted by Gasteiger charge is -2.08. The second kappa shape index (κ2) is 11.1. The van der Waals surface area contributed by atoms with E-state index in [1.807, 2.05) is 6.92 Å². The molecule has 0 fully saturated rings. The van der Waals surface area contributed by atoms with Crippen molar-refractivity contribution in [2.24, 2.45) is 0 Å². The zero-order chi connectivity index (χ0) is 22.1. The van der Waals surface area contributed by atoms with Crippen molar-refractivity contribution in [3.63, 3.8) is 0 Å². The van der Waals surface area contributed by atoms with Gasteiger partial charge in [-0.1, -0.05) is 29.8 Å². The van der Waals surface area contributed by atoms with Crippen LogP contribution < -0.4 is 10.6 Å². The number of rotatable bonds is 9. The van der Waals surface area contributed by atoms with E-state index in [1.165, 1.54) is 6.92 Å². The zero-order valence-corrected chi connectivity index (χ0v) is 17.5. The molecule has 0 heterocycles. The van der Waals surface area contributed by atoms with Gasteiger partial charge in [0, 0.05) is 34.8 Å². The maximum atomic E-state index is 12.0. The summed E-state index contributed by atoms with van der Waals surface area (Å²) in [6, 6.07) is 11.7. The lowest BCUT2D eigenvalue weighted by atomic mass is 10.1. The lowest BCUT2D eigenvalue weighted by molar-refractivity contribution is -0.147. The molecular weight excluding hydrogens is 408 g/mol. The van der Waals surface area contributed by atoms with Gasteiger partial charge in [-0.2, -0.15) is 0 Å². The predicted molar refractivity (Wildman–Crippen MR) is 115 cm³/mol. The number of Topliss-reactive ketones (excluding diaryl/α,β-unsaturated/α-hetero) is 1. The van der Waals surface area contributed by atoms with Crippen LogP contribution in [0.3, 0.4) is 0 Å². The van der Waals surface area contributed by atoms with E-state index in [0.29, 0.717) is 22.0 Å². The van der Waals surface area contributed by atoms with Crippen molar-refractivity contribution in [3.8, 4) is 0 Å². The molecule has 0 radical (unpaired) electrons. The van der Waals surface area contributed by atoms with Crippen LogP contribution in [-0.4, -0.2) is 30.2 Å². The molecule has 8 heteroatoms. The number of halogens is 1. The molecule has 2 amide bonds. The van der Waals surface area contributed by atoms with Gasteiger partial charge in [-0.25, -0.2) is 0 Å². The van der Waals surface area contributed by atoms with Crippen LogP contribution in [0.5, 0.6) is 0 Å². The molecule has 0 aromatic heterocycles. The fraction of sp³-hybridized carbons (Fsp3) is 0.273. The second-order valence-electron chi connectivity index (χ2n) is 6.71. The standard InChI is InChI=1S/C22H23ClN2O5/c1-14-9-10-18(12-19(14)23)25-21(28)13-30-22(29)8-4-7-20(27)24-17-6-3-5-16(11-17)15(2)26/h3,5-6,9-12H,4,7-8,13H2,1-2H3,(H,24,27)(H,25,28). The van der Waals surface area contributed by atoms with Gasteiger partial charge in [0.2, 0.25) is 5.91 Å². The van der Waals surface area contributed by atoms with Crippen molar-refractivity contribution in [2.75, 3.05) is 17.2 Å². The highest BCUT2D eigenvalue weighted by atomic mass is 35.5. The maximum Gasteiger partial charge on any atom is 0.306 e. The number of aryl methyl sites for hydroxylation is 1. The van der Waals surface area contributed by atoms with Crippen LogP contribution in [0, 0.1) is 6.92 Å². The Morgan fingerprint density at radius 1 is 0.933 bits per heavy atom. The number of esters is 1. The summed E-state index contributed by atoms with van der Waals surface area (Å²) >= 11 is 6.00. The number of hydrogen-bond donors (Lipinski definition) is 2. The zero-order valence-electron chi connectivity index (χ0n) is 16.8. The molecule has 158 valence electrons. The number of ketones is 1. The van der Waals surface area contributed by atoms with Crippen LogP contribution in [0.15, 0.2) is 42.5 Å². The van der Waals surface area contributed by atoms with Gasteiger partial charge in [0.1, 0.15) is 0 Å². The van der Waals surface area contributed by atoms with Crippen molar-refractivity contribution in [2.45, 2.75) is 33.1 Å². The number of hydrogen-bond acceptors (Lipinski definition) is 5. The first-order valence-electron chi connectivity index (χ1n) is 9.37. The molecule has 0 atom stereocenters. The summed E-state index contributed by atoms with van der Waals surface area (Å²) < 4.78 is 4.92. The average Bonchev–Trinajstić information content (AvgIpc) is 2.69. The van der Waals surface area contributed by atoms with Crippen LogP contribution in [0.1, 0.15) is 42.1 Å². The fourth-order valence-electron chi connectivity index (χ4n) is 2.52. The number of carbonyl (C=O) groups is 4. The Bertz CT molecular complexity index is 958. The molecule has 0 spiro atoms. The summed E-state index contributed by atoms with van der Waals surface area (Å²) in [5.41, 5.74) is 2.42. The normalized spacial score (nSPS) is 10.2. The van der Waals surface area contributed by atoms with Gasteiger partial charge in [-0.05, 0) is 50.1 Å². The third kappa shape index (κ3) is 7.67. The molecule has 2 aromatic carbocycles. The topological polar surface area (TPSA) is 102 Å². The van der Waals surface area contributed by atoms with Gasteiger partial charge >= 0.3 is 5.97 Å². The van der Waals surface area contributed by atoms with Gasteiger partial charge in [0.05, 0.1) is 0 Å². The Hall–Kier alpha value is -3.19. The molecule has 0 aliphatic heterocycles. The summed E-state index contributed by atoms with van der Waals surface area (Å²) in [4.78, 5) is 47.0. The smallest absolute Gasteiger partial charge is 0.306 e. The van der Waals surface area contributed by atoms with Crippen molar-refractivity contribution in [1.29, 1.82) is 0 Å². The third-order valence-corrected chi connectivity index (χ3v) is 4.56. The third-order valence-electron chi connectivity index (χ3n) is 4.16. The van der Waals surface area contributed by atoms with E-state index in [1.54, 1.807) is 42.5 Å². The number of anilines is 2. The highest BCUT2D eigenvalue weighted by molar-refractivity contribution is 6.31. The molecule has 2 N–H and O–H groups in total. The Kier molecular flexibility index (Phi) is 8.55. The van der Waals surface area contributed by atoms with E-state index in [9.17, 15) is 19.2 Å². The SMILES string of the molecule is CC(=O)c1cccc(NC(=O)CCCC(=O)OCC(=O)Nc2ccc(C)c(Cl)c2)c1. The fourth-order valence-corrected chi connectivity index (χ4v) is 2.70. The summed E-state index contributed by atoms with van der Waals surface area (Å²) in [5.74, 6) is -1.43. The van der Waals surface area contributed by atoms with Crippen molar-refractivity contribution < 1.29 is 23.9 Å². The number of benzene rings is 2. The van der Waals surface area contributed by atoms with Gasteiger partial charge in [-0.3, -0.25) is 19.2 Å². The highest BCUT2D eigenvalue weighted by Gasteiger charge is 2.10. The highest BCUT2D eigenvalue weighted by Crippen LogP contribution is 2.19. The Labute approximate surface area is 179 Å². The number of amides is 2. The van der Waals surface area contributed by atoms with E-state index < -0.39 is 18.5 Å². The van der Waals surface area contributed by atoms with Crippen LogP contribution in [0.4, 0.5) is 11.4 Å². The van der Waals surface area contributed by atoms with Crippen LogP contribution >= 0.6 is 11.6 Å². The van der Waals surface area contributed by atoms with E-state index in [2.05, 4.69) is 10.6 Å². The molecule has 30 heavy (non-hydrogen) atoms. The summed E-state index contributed by atoms with van der Waals surface area (Å²) in [6.07, 6.45) is 0.379. The van der Waals surface area contributed by atoms with Gasteiger partial charge < -0.3 is 15.4 Å². The maximum absolute atomic E-state index is 12.0. The Morgan fingerprint density at radius 2 is 1.63 bits per heavy atom.